The van der Waals surface area contributed by atoms with Crippen molar-refractivity contribution < 1.29 is 23.9 Å². The van der Waals surface area contributed by atoms with Crippen molar-refractivity contribution in [3.8, 4) is 11.5 Å². The monoisotopic (exact) mass is 409 g/mol. The van der Waals surface area contributed by atoms with Crippen LogP contribution in [0, 0.1) is 12.8 Å². The fraction of sp³-hybridized carbons (Fsp3) is 0.273. The number of rotatable bonds is 7. The van der Waals surface area contributed by atoms with Gasteiger partial charge in [0.15, 0.2) is 0 Å². The fourth-order valence-corrected chi connectivity index (χ4v) is 2.91. The van der Waals surface area contributed by atoms with Crippen LogP contribution in [0.25, 0.3) is 0 Å². The lowest BCUT2D eigenvalue weighted by Gasteiger charge is -2.16. The molecule has 5 amide bonds. The van der Waals surface area contributed by atoms with E-state index >= 15 is 0 Å². The minimum Gasteiger partial charge on any atom is -0.457 e. The molecule has 1 N–H and O–H groups in total. The Balaban J connectivity index is 1.58. The molecule has 2 aromatic rings. The minimum atomic E-state index is -0.988. The van der Waals surface area contributed by atoms with Gasteiger partial charge in [-0.05, 0) is 49.2 Å². The van der Waals surface area contributed by atoms with Crippen LogP contribution in [0.3, 0.4) is 0 Å². The first-order valence-corrected chi connectivity index (χ1v) is 9.56. The number of aryl methyl sites for hydroxylation is 1. The molecule has 1 saturated heterocycles. The molecule has 0 saturated carbocycles. The van der Waals surface area contributed by atoms with E-state index in [9.17, 15) is 19.2 Å². The van der Waals surface area contributed by atoms with Crippen molar-refractivity contribution in [3.05, 3.63) is 54.1 Å². The van der Waals surface area contributed by atoms with E-state index in [1.54, 1.807) is 24.3 Å². The van der Waals surface area contributed by atoms with Crippen LogP contribution in [0.4, 0.5) is 10.5 Å². The van der Waals surface area contributed by atoms with Gasteiger partial charge < -0.3 is 10.1 Å². The molecule has 8 nitrogen and oxygen atoms in total. The number of nitrogens with one attached hydrogen (secondary N) is 1. The smallest absolute Gasteiger partial charge is 0.334 e. The quantitative estimate of drug-likeness (QED) is 0.560. The molecule has 0 aromatic heterocycles. The lowest BCUT2D eigenvalue weighted by molar-refractivity contribution is -0.143. The molecule has 2 aromatic carbocycles. The molecular weight excluding hydrogens is 386 g/mol. The van der Waals surface area contributed by atoms with Crippen molar-refractivity contribution in [3.63, 3.8) is 0 Å². The van der Waals surface area contributed by atoms with Crippen LogP contribution >= 0.6 is 0 Å². The summed E-state index contributed by atoms with van der Waals surface area (Å²) < 4.78 is 5.73. The molecule has 1 heterocycles. The summed E-state index contributed by atoms with van der Waals surface area (Å²) in [4.78, 5) is 50.1. The molecule has 1 fully saturated rings. The number of amides is 5. The van der Waals surface area contributed by atoms with Crippen molar-refractivity contribution >= 4 is 29.4 Å². The summed E-state index contributed by atoms with van der Waals surface area (Å²) in [5, 5.41) is 2.61. The lowest BCUT2D eigenvalue weighted by Crippen LogP contribution is -2.39. The number of urea groups is 1. The van der Waals surface area contributed by atoms with Gasteiger partial charge in [-0.3, -0.25) is 19.3 Å². The maximum Gasteiger partial charge on any atom is 0.334 e. The largest absolute Gasteiger partial charge is 0.457 e. The molecule has 0 spiro atoms. The Kier molecular flexibility index (Phi) is 6.15. The average molecular weight is 409 g/mol. The number of imide groups is 2. The second kappa shape index (κ2) is 8.77. The summed E-state index contributed by atoms with van der Waals surface area (Å²) >= 11 is 0. The predicted molar refractivity (Wildman–Crippen MR) is 110 cm³/mol. The molecule has 3 rings (SSSR count). The van der Waals surface area contributed by atoms with Gasteiger partial charge in [0.25, 0.3) is 0 Å². The van der Waals surface area contributed by atoms with E-state index < -0.39 is 30.3 Å². The van der Waals surface area contributed by atoms with Gasteiger partial charge >= 0.3 is 17.8 Å². The predicted octanol–water partition coefficient (Wildman–Crippen LogP) is 3.17. The first-order chi connectivity index (χ1) is 14.2. The van der Waals surface area contributed by atoms with Gasteiger partial charge in [-0.2, -0.15) is 0 Å². The van der Waals surface area contributed by atoms with E-state index in [-0.39, 0.29) is 12.5 Å². The van der Waals surface area contributed by atoms with Crippen molar-refractivity contribution in [2.45, 2.75) is 20.8 Å². The third-order valence-electron chi connectivity index (χ3n) is 4.38. The number of carbonyl (C=O) groups is 4. The maximum atomic E-state index is 12.3. The summed E-state index contributed by atoms with van der Waals surface area (Å²) in [5.41, 5.74) is 1.60. The van der Waals surface area contributed by atoms with Crippen molar-refractivity contribution in [2.75, 3.05) is 18.4 Å². The highest BCUT2D eigenvalue weighted by atomic mass is 16.5. The first-order valence-electron chi connectivity index (χ1n) is 9.56. The van der Waals surface area contributed by atoms with Gasteiger partial charge in [-0.1, -0.05) is 31.5 Å². The highest BCUT2D eigenvalue weighted by molar-refractivity contribution is 6.45. The number of anilines is 1. The van der Waals surface area contributed by atoms with Crippen molar-refractivity contribution in [1.82, 2.24) is 9.80 Å². The molecule has 0 atom stereocenters. The van der Waals surface area contributed by atoms with E-state index in [0.29, 0.717) is 22.1 Å². The van der Waals surface area contributed by atoms with Gasteiger partial charge in [0, 0.05) is 12.2 Å². The van der Waals surface area contributed by atoms with Gasteiger partial charge in [-0.15, -0.1) is 0 Å². The fourth-order valence-electron chi connectivity index (χ4n) is 2.91. The van der Waals surface area contributed by atoms with Gasteiger partial charge in [0.05, 0.1) is 0 Å². The summed E-state index contributed by atoms with van der Waals surface area (Å²) in [7, 11) is 0. The Bertz CT molecular complexity index is 967. The molecule has 0 aliphatic carbocycles. The van der Waals surface area contributed by atoms with Crippen molar-refractivity contribution in [2.24, 2.45) is 5.92 Å². The van der Waals surface area contributed by atoms with Crippen LogP contribution < -0.4 is 10.1 Å². The number of hydrogen-bond donors (Lipinski definition) is 1. The SMILES string of the molecule is Cc1ccc(Oc2ccc(NC(=O)CN3C(=O)C(=O)N(CC(C)C)C3=O)cc2)cc1. The number of nitrogens with zero attached hydrogens (tertiary/aromatic N) is 2. The average Bonchev–Trinajstić information content (AvgIpc) is 2.89. The molecule has 8 heteroatoms. The molecule has 156 valence electrons. The van der Waals surface area contributed by atoms with E-state index in [4.69, 9.17) is 4.74 Å². The van der Waals surface area contributed by atoms with Gasteiger partial charge in [0.1, 0.15) is 18.0 Å². The standard InChI is InChI=1S/C22H23N3O5/c1-14(2)12-24-20(27)21(28)25(22(24)29)13-19(26)23-16-6-10-18(11-7-16)30-17-8-4-15(3)5-9-17/h4-11,14H,12-13H2,1-3H3,(H,23,26). The zero-order valence-corrected chi connectivity index (χ0v) is 17.0. The maximum absolute atomic E-state index is 12.3. The first kappa shape index (κ1) is 21.0. The Labute approximate surface area is 174 Å². The van der Waals surface area contributed by atoms with E-state index in [2.05, 4.69) is 5.32 Å². The van der Waals surface area contributed by atoms with Crippen LogP contribution in [0.1, 0.15) is 19.4 Å². The van der Waals surface area contributed by atoms with E-state index in [1.807, 2.05) is 45.0 Å². The van der Waals surface area contributed by atoms with Crippen molar-refractivity contribution in [1.29, 1.82) is 0 Å². The van der Waals surface area contributed by atoms with Crippen LogP contribution in [-0.2, 0) is 14.4 Å². The molecule has 0 bridgehead atoms. The summed E-state index contributed by atoms with van der Waals surface area (Å²) in [5.74, 6) is -1.17. The molecule has 0 unspecified atom stereocenters. The Morgan fingerprint density at radius 2 is 1.43 bits per heavy atom. The van der Waals surface area contributed by atoms with Crippen LogP contribution in [0.5, 0.6) is 11.5 Å². The van der Waals surface area contributed by atoms with Crippen LogP contribution in [0.15, 0.2) is 48.5 Å². The van der Waals surface area contributed by atoms with E-state index in [1.165, 1.54) is 0 Å². The Morgan fingerprint density at radius 1 is 0.900 bits per heavy atom. The number of hydrogen-bond acceptors (Lipinski definition) is 5. The molecular formula is C22H23N3O5. The minimum absolute atomic E-state index is 0.0140. The summed E-state index contributed by atoms with van der Waals surface area (Å²) in [6.45, 7) is 5.24. The normalized spacial score (nSPS) is 13.9. The molecule has 0 radical (unpaired) electrons. The number of ether oxygens (including phenoxy) is 1. The lowest BCUT2D eigenvalue weighted by atomic mass is 10.2. The third-order valence-corrected chi connectivity index (χ3v) is 4.38. The van der Waals surface area contributed by atoms with Gasteiger partial charge in [0.2, 0.25) is 5.91 Å². The highest BCUT2D eigenvalue weighted by Gasteiger charge is 2.45. The highest BCUT2D eigenvalue weighted by Crippen LogP contribution is 2.23. The number of carbonyl (C=O) groups excluding carboxylic acids is 4. The zero-order valence-electron chi connectivity index (χ0n) is 17.0. The second-order valence-corrected chi connectivity index (χ2v) is 7.47. The van der Waals surface area contributed by atoms with Crippen LogP contribution in [0.2, 0.25) is 0 Å². The topological polar surface area (TPSA) is 96.0 Å². The third kappa shape index (κ3) is 4.83. The summed E-state index contributed by atoms with van der Waals surface area (Å²) in [6.07, 6.45) is 0. The molecule has 1 aliphatic heterocycles. The second-order valence-electron chi connectivity index (χ2n) is 7.47. The van der Waals surface area contributed by atoms with Gasteiger partial charge in [-0.25, -0.2) is 9.69 Å². The summed E-state index contributed by atoms with van der Waals surface area (Å²) in [6, 6.07) is 13.5. The molecule has 30 heavy (non-hydrogen) atoms. The molecule has 1 aliphatic rings. The number of benzene rings is 2. The Morgan fingerprint density at radius 3 is 2.00 bits per heavy atom. The van der Waals surface area contributed by atoms with E-state index in [0.717, 1.165) is 10.5 Å². The van der Waals surface area contributed by atoms with Crippen LogP contribution in [-0.4, -0.2) is 46.6 Å². The Hall–Kier alpha value is -3.68. The zero-order chi connectivity index (χ0) is 21.8.